The molecule has 3 nitrogen and oxygen atoms in total. The van der Waals surface area contributed by atoms with E-state index in [0.717, 1.165) is 22.4 Å². The Morgan fingerprint density at radius 1 is 1.05 bits per heavy atom. The first kappa shape index (κ1) is 13.8. The number of aryl methyl sites for hydroxylation is 1. The molecule has 3 heteroatoms. The van der Waals surface area contributed by atoms with Crippen molar-refractivity contribution in [3.05, 3.63) is 66.0 Å². The van der Waals surface area contributed by atoms with Crippen LogP contribution in [0.1, 0.15) is 24.2 Å². The molecule has 2 unspecified atom stereocenters. The van der Waals surface area contributed by atoms with E-state index in [-0.39, 0.29) is 5.92 Å². The van der Waals surface area contributed by atoms with Crippen LogP contribution in [-0.2, 0) is 13.5 Å². The third kappa shape index (κ3) is 2.69. The molecule has 0 aliphatic carbocycles. The highest BCUT2D eigenvalue weighted by molar-refractivity contribution is 5.75. The second kappa shape index (κ2) is 5.70. The summed E-state index contributed by atoms with van der Waals surface area (Å²) in [5, 5.41) is 10.5. The Balaban J connectivity index is 1.83. The summed E-state index contributed by atoms with van der Waals surface area (Å²) < 4.78 is 2.07. The molecule has 3 aromatic rings. The van der Waals surface area contributed by atoms with Crippen molar-refractivity contribution in [3.63, 3.8) is 0 Å². The van der Waals surface area contributed by atoms with Gasteiger partial charge in [0.05, 0.1) is 17.1 Å². The summed E-state index contributed by atoms with van der Waals surface area (Å²) in [7, 11) is 2.00. The van der Waals surface area contributed by atoms with E-state index in [2.05, 4.69) is 34.7 Å². The lowest BCUT2D eigenvalue weighted by Gasteiger charge is -2.19. The number of aliphatic hydroxyl groups excluding tert-OH is 1. The molecule has 0 aliphatic rings. The molecule has 0 aliphatic heterocycles. The molecule has 0 saturated carbocycles. The Labute approximate surface area is 124 Å². The normalized spacial score (nSPS) is 14.2. The molecule has 1 N–H and O–H groups in total. The van der Waals surface area contributed by atoms with E-state index in [1.165, 1.54) is 0 Å². The lowest BCUT2D eigenvalue weighted by Crippen LogP contribution is -2.20. The van der Waals surface area contributed by atoms with Crippen molar-refractivity contribution in [1.82, 2.24) is 9.55 Å². The third-order valence-corrected chi connectivity index (χ3v) is 4.17. The molecule has 3 rings (SSSR count). The highest BCUT2D eigenvalue weighted by atomic mass is 16.3. The first-order valence-corrected chi connectivity index (χ1v) is 7.30. The van der Waals surface area contributed by atoms with Gasteiger partial charge in [-0.3, -0.25) is 0 Å². The second-order valence-electron chi connectivity index (χ2n) is 5.55. The van der Waals surface area contributed by atoms with Gasteiger partial charge in [-0.2, -0.15) is 0 Å². The first-order valence-electron chi connectivity index (χ1n) is 7.30. The molecule has 0 bridgehead atoms. The summed E-state index contributed by atoms with van der Waals surface area (Å²) in [5.41, 5.74) is 3.24. The fourth-order valence-corrected chi connectivity index (χ4v) is 2.72. The Morgan fingerprint density at radius 3 is 2.43 bits per heavy atom. The Morgan fingerprint density at radius 2 is 1.71 bits per heavy atom. The SMILES string of the molecule is CC(c1ccccc1)C(O)Cc1nc2ccccc2n1C. The molecular formula is C18H20N2O. The van der Waals surface area contributed by atoms with Crippen LogP contribution in [-0.4, -0.2) is 20.8 Å². The average Bonchev–Trinajstić information content (AvgIpc) is 2.84. The number of imidazole rings is 1. The minimum Gasteiger partial charge on any atom is -0.392 e. The minimum absolute atomic E-state index is 0.0889. The summed E-state index contributed by atoms with van der Waals surface area (Å²) in [6, 6.07) is 18.2. The molecule has 21 heavy (non-hydrogen) atoms. The Hall–Kier alpha value is -2.13. The average molecular weight is 280 g/mol. The molecular weight excluding hydrogens is 260 g/mol. The molecule has 1 heterocycles. The molecule has 2 atom stereocenters. The van der Waals surface area contributed by atoms with Gasteiger partial charge in [-0.1, -0.05) is 49.4 Å². The van der Waals surface area contributed by atoms with Crippen LogP contribution in [0.4, 0.5) is 0 Å². The standard InChI is InChI=1S/C18H20N2O/c1-13(14-8-4-3-5-9-14)17(21)12-18-19-15-10-6-7-11-16(15)20(18)2/h3-11,13,17,21H,12H2,1-2H3. The lowest BCUT2D eigenvalue weighted by molar-refractivity contribution is 0.146. The summed E-state index contributed by atoms with van der Waals surface area (Å²) in [6.45, 7) is 2.06. The number of rotatable bonds is 4. The van der Waals surface area contributed by atoms with Crippen LogP contribution in [0.3, 0.4) is 0 Å². The van der Waals surface area contributed by atoms with Crippen molar-refractivity contribution in [3.8, 4) is 0 Å². The van der Waals surface area contributed by atoms with Crippen LogP contribution in [0.15, 0.2) is 54.6 Å². The number of aromatic nitrogens is 2. The van der Waals surface area contributed by atoms with Gasteiger partial charge in [-0.15, -0.1) is 0 Å². The van der Waals surface area contributed by atoms with Crippen molar-refractivity contribution in [2.45, 2.75) is 25.4 Å². The number of fused-ring (bicyclic) bond motifs is 1. The highest BCUT2D eigenvalue weighted by Crippen LogP contribution is 2.23. The minimum atomic E-state index is -0.442. The molecule has 1 aromatic heterocycles. The summed E-state index contributed by atoms with van der Waals surface area (Å²) in [5.74, 6) is 1.01. The van der Waals surface area contributed by atoms with Gasteiger partial charge in [-0.05, 0) is 17.7 Å². The van der Waals surface area contributed by atoms with Crippen LogP contribution in [0, 0.1) is 0 Å². The van der Waals surface area contributed by atoms with E-state index in [9.17, 15) is 5.11 Å². The molecule has 0 saturated heterocycles. The van der Waals surface area contributed by atoms with Gasteiger partial charge in [0.25, 0.3) is 0 Å². The number of para-hydroxylation sites is 2. The van der Waals surface area contributed by atoms with E-state index in [4.69, 9.17) is 0 Å². The fourth-order valence-electron chi connectivity index (χ4n) is 2.72. The number of hydrogen-bond donors (Lipinski definition) is 1. The van der Waals surface area contributed by atoms with Crippen LogP contribution >= 0.6 is 0 Å². The quantitative estimate of drug-likeness (QED) is 0.796. The van der Waals surface area contributed by atoms with Crippen LogP contribution in [0.2, 0.25) is 0 Å². The number of hydrogen-bond acceptors (Lipinski definition) is 2. The summed E-state index contributed by atoms with van der Waals surface area (Å²) in [4.78, 5) is 4.63. The van der Waals surface area contributed by atoms with Crippen molar-refractivity contribution in [1.29, 1.82) is 0 Å². The summed E-state index contributed by atoms with van der Waals surface area (Å²) in [6.07, 6.45) is 0.115. The topological polar surface area (TPSA) is 38.1 Å². The third-order valence-electron chi connectivity index (χ3n) is 4.17. The molecule has 0 spiro atoms. The predicted molar refractivity (Wildman–Crippen MR) is 85.3 cm³/mol. The van der Waals surface area contributed by atoms with Crippen molar-refractivity contribution in [2.24, 2.45) is 7.05 Å². The Bertz CT molecular complexity index is 733. The van der Waals surface area contributed by atoms with Gasteiger partial charge in [-0.25, -0.2) is 4.98 Å². The molecule has 2 aromatic carbocycles. The van der Waals surface area contributed by atoms with Crippen LogP contribution < -0.4 is 0 Å². The zero-order valence-corrected chi connectivity index (χ0v) is 12.4. The van der Waals surface area contributed by atoms with Gasteiger partial charge < -0.3 is 9.67 Å². The maximum Gasteiger partial charge on any atom is 0.112 e. The van der Waals surface area contributed by atoms with E-state index in [0.29, 0.717) is 6.42 Å². The molecule has 0 fully saturated rings. The fraction of sp³-hybridized carbons (Fsp3) is 0.278. The smallest absolute Gasteiger partial charge is 0.112 e. The van der Waals surface area contributed by atoms with Gasteiger partial charge in [0.15, 0.2) is 0 Å². The maximum absolute atomic E-state index is 10.5. The van der Waals surface area contributed by atoms with Crippen molar-refractivity contribution < 1.29 is 5.11 Å². The largest absolute Gasteiger partial charge is 0.392 e. The van der Waals surface area contributed by atoms with E-state index in [1.807, 2.05) is 43.4 Å². The zero-order chi connectivity index (χ0) is 14.8. The van der Waals surface area contributed by atoms with Crippen LogP contribution in [0.25, 0.3) is 11.0 Å². The maximum atomic E-state index is 10.5. The molecule has 108 valence electrons. The van der Waals surface area contributed by atoms with Gasteiger partial charge in [0.2, 0.25) is 0 Å². The first-order chi connectivity index (χ1) is 10.2. The number of benzene rings is 2. The zero-order valence-electron chi connectivity index (χ0n) is 12.4. The molecule has 0 radical (unpaired) electrons. The molecule has 0 amide bonds. The van der Waals surface area contributed by atoms with E-state index < -0.39 is 6.10 Å². The second-order valence-corrected chi connectivity index (χ2v) is 5.55. The monoisotopic (exact) mass is 280 g/mol. The predicted octanol–water partition coefficient (Wildman–Crippen LogP) is 3.28. The van der Waals surface area contributed by atoms with E-state index >= 15 is 0 Å². The van der Waals surface area contributed by atoms with Gasteiger partial charge in [0.1, 0.15) is 5.82 Å². The van der Waals surface area contributed by atoms with Crippen LogP contribution in [0.5, 0.6) is 0 Å². The van der Waals surface area contributed by atoms with Gasteiger partial charge in [0, 0.05) is 19.4 Å². The van der Waals surface area contributed by atoms with Crippen molar-refractivity contribution >= 4 is 11.0 Å². The van der Waals surface area contributed by atoms with Crippen molar-refractivity contribution in [2.75, 3.05) is 0 Å². The van der Waals surface area contributed by atoms with E-state index in [1.54, 1.807) is 0 Å². The highest BCUT2D eigenvalue weighted by Gasteiger charge is 2.19. The summed E-state index contributed by atoms with van der Waals surface area (Å²) >= 11 is 0. The number of aliphatic hydroxyl groups is 1. The Kier molecular flexibility index (Phi) is 3.76. The van der Waals surface area contributed by atoms with Gasteiger partial charge >= 0.3 is 0 Å². The lowest BCUT2D eigenvalue weighted by atomic mass is 9.93. The number of nitrogens with zero attached hydrogens (tertiary/aromatic N) is 2.